The van der Waals surface area contributed by atoms with Crippen LogP contribution < -0.4 is 5.59 Å². The van der Waals surface area contributed by atoms with Gasteiger partial charge in [0.05, 0.1) is 27.5 Å². The molecule has 1 aliphatic rings. The molecule has 1 fully saturated rings. The highest BCUT2D eigenvalue weighted by Gasteiger charge is 2.52. The van der Waals surface area contributed by atoms with Gasteiger partial charge in [-0.25, -0.2) is 4.68 Å². The minimum Gasteiger partial charge on any atom is -0.398 e. The van der Waals surface area contributed by atoms with Crippen LogP contribution >= 0.6 is 11.6 Å². The van der Waals surface area contributed by atoms with E-state index in [0.29, 0.717) is 5.02 Å². The number of hydrogen-bond donors (Lipinski definition) is 0. The molecule has 0 aliphatic carbocycles. The van der Waals surface area contributed by atoms with Crippen LogP contribution in [-0.4, -0.2) is 28.1 Å². The number of nitrogens with zero attached hydrogens (tertiary/aromatic N) is 2. The van der Waals surface area contributed by atoms with E-state index in [4.69, 9.17) is 20.9 Å². The third-order valence-corrected chi connectivity index (χ3v) is 4.80. The summed E-state index contributed by atoms with van der Waals surface area (Å²) < 4.78 is 14.0. The van der Waals surface area contributed by atoms with Gasteiger partial charge in [-0.15, -0.1) is 0 Å². The lowest BCUT2D eigenvalue weighted by molar-refractivity contribution is 0.00578. The van der Waals surface area contributed by atoms with E-state index in [1.165, 1.54) is 0 Å². The Morgan fingerprint density at radius 2 is 1.73 bits per heavy atom. The molecule has 1 aliphatic heterocycles. The van der Waals surface area contributed by atoms with Crippen molar-refractivity contribution in [3.63, 3.8) is 0 Å². The summed E-state index contributed by atoms with van der Waals surface area (Å²) in [6.07, 6.45) is 1.73. The van der Waals surface area contributed by atoms with Crippen LogP contribution in [0.2, 0.25) is 5.02 Å². The van der Waals surface area contributed by atoms with Crippen molar-refractivity contribution in [3.8, 4) is 5.69 Å². The molecule has 1 saturated heterocycles. The van der Waals surface area contributed by atoms with E-state index in [2.05, 4.69) is 5.10 Å². The van der Waals surface area contributed by atoms with E-state index in [1.54, 1.807) is 10.9 Å². The van der Waals surface area contributed by atoms with Crippen LogP contribution in [0.15, 0.2) is 30.5 Å². The lowest BCUT2D eigenvalue weighted by atomic mass is 9.84. The van der Waals surface area contributed by atoms with Crippen molar-refractivity contribution in [3.05, 3.63) is 41.0 Å². The van der Waals surface area contributed by atoms with Crippen molar-refractivity contribution >= 4 is 24.3 Å². The molecule has 0 N–H and O–H groups in total. The van der Waals surface area contributed by atoms with Crippen LogP contribution in [0.3, 0.4) is 0 Å². The first kappa shape index (κ1) is 15.6. The van der Waals surface area contributed by atoms with Gasteiger partial charge in [0.1, 0.15) is 0 Å². The second-order valence-electron chi connectivity index (χ2n) is 6.71. The Labute approximate surface area is 136 Å². The first-order chi connectivity index (χ1) is 10.2. The Bertz CT molecular complexity index is 696. The maximum atomic E-state index is 6.37. The monoisotopic (exact) mass is 318 g/mol. The molecule has 0 spiro atoms. The van der Waals surface area contributed by atoms with Gasteiger partial charge in [-0.3, -0.25) is 0 Å². The van der Waals surface area contributed by atoms with Gasteiger partial charge in [-0.05, 0) is 58.4 Å². The van der Waals surface area contributed by atoms with Crippen LogP contribution in [0, 0.1) is 6.92 Å². The molecule has 0 radical (unpaired) electrons. The number of aryl methyl sites for hydroxylation is 1. The summed E-state index contributed by atoms with van der Waals surface area (Å²) in [6, 6.07) is 7.79. The summed E-state index contributed by atoms with van der Waals surface area (Å²) >= 11 is 6.37. The highest BCUT2D eigenvalue weighted by Crippen LogP contribution is 2.36. The predicted octanol–water partition coefficient (Wildman–Crippen LogP) is 3.13. The lowest BCUT2D eigenvalue weighted by Gasteiger charge is -2.32. The fourth-order valence-electron chi connectivity index (χ4n) is 2.44. The Morgan fingerprint density at radius 1 is 1.09 bits per heavy atom. The van der Waals surface area contributed by atoms with E-state index >= 15 is 0 Å². The molecule has 116 valence electrons. The zero-order valence-electron chi connectivity index (χ0n) is 13.6. The van der Waals surface area contributed by atoms with E-state index in [-0.39, 0.29) is 11.2 Å². The molecule has 0 atom stereocenters. The number of rotatable bonds is 2. The van der Waals surface area contributed by atoms with E-state index in [9.17, 15) is 0 Å². The summed E-state index contributed by atoms with van der Waals surface area (Å²) in [6.45, 7) is 10.1. The third kappa shape index (κ3) is 2.47. The van der Waals surface area contributed by atoms with Crippen molar-refractivity contribution in [2.45, 2.75) is 45.8 Å². The van der Waals surface area contributed by atoms with Crippen LogP contribution in [-0.2, 0) is 9.31 Å². The second-order valence-corrected chi connectivity index (χ2v) is 7.12. The topological polar surface area (TPSA) is 36.3 Å². The Balaban J connectivity index is 2.00. The Kier molecular flexibility index (Phi) is 3.63. The number of halogens is 1. The van der Waals surface area contributed by atoms with Gasteiger partial charge in [-0.1, -0.05) is 17.7 Å². The molecule has 2 aromatic rings. The number of hydrogen-bond acceptors (Lipinski definition) is 3. The highest BCUT2D eigenvalue weighted by molar-refractivity contribution is 6.61. The number of benzene rings is 1. The largest absolute Gasteiger partial charge is 0.514 e. The van der Waals surface area contributed by atoms with Gasteiger partial charge in [0, 0.05) is 6.20 Å². The van der Waals surface area contributed by atoms with Crippen molar-refractivity contribution in [2.75, 3.05) is 0 Å². The quantitative estimate of drug-likeness (QED) is 0.798. The smallest absolute Gasteiger partial charge is 0.398 e. The molecular weight excluding hydrogens is 298 g/mol. The number of aromatic nitrogens is 2. The molecular formula is C16H20BClN2O2. The standard InChI is InChI=1S/C16H20BClN2O2/c1-11-6-7-13(12(18)10-11)20-14(8-9-19-20)17-21-15(2,3)16(4,5)22-17/h6-10H,1-5H3. The van der Waals surface area contributed by atoms with Crippen LogP contribution in [0.4, 0.5) is 0 Å². The van der Waals surface area contributed by atoms with Crippen LogP contribution in [0.5, 0.6) is 0 Å². The summed E-state index contributed by atoms with van der Waals surface area (Å²) in [5, 5.41) is 5.04. The van der Waals surface area contributed by atoms with Crippen molar-refractivity contribution in [2.24, 2.45) is 0 Å². The predicted molar refractivity (Wildman–Crippen MR) is 89.0 cm³/mol. The zero-order chi connectivity index (χ0) is 16.1. The third-order valence-electron chi connectivity index (χ3n) is 4.50. The van der Waals surface area contributed by atoms with E-state index in [1.807, 2.05) is 58.9 Å². The molecule has 0 unspecified atom stereocenters. The summed E-state index contributed by atoms with van der Waals surface area (Å²) in [4.78, 5) is 0. The van der Waals surface area contributed by atoms with Gasteiger partial charge in [0.25, 0.3) is 0 Å². The van der Waals surface area contributed by atoms with Gasteiger partial charge in [-0.2, -0.15) is 5.10 Å². The second kappa shape index (κ2) is 5.12. The summed E-state index contributed by atoms with van der Waals surface area (Å²) in [5.41, 5.74) is 2.00. The van der Waals surface area contributed by atoms with Gasteiger partial charge < -0.3 is 9.31 Å². The minimum absolute atomic E-state index is 0.385. The molecule has 3 rings (SSSR count). The van der Waals surface area contributed by atoms with Crippen molar-refractivity contribution in [1.29, 1.82) is 0 Å². The van der Waals surface area contributed by atoms with Crippen molar-refractivity contribution < 1.29 is 9.31 Å². The first-order valence-corrected chi connectivity index (χ1v) is 7.75. The average Bonchev–Trinajstić information content (AvgIpc) is 2.93. The molecule has 1 aromatic carbocycles. The molecule has 4 nitrogen and oxygen atoms in total. The van der Waals surface area contributed by atoms with Gasteiger partial charge in [0.15, 0.2) is 0 Å². The first-order valence-electron chi connectivity index (χ1n) is 7.37. The molecule has 2 heterocycles. The Hall–Kier alpha value is -1.30. The Morgan fingerprint density at radius 3 is 2.32 bits per heavy atom. The average molecular weight is 319 g/mol. The lowest BCUT2D eigenvalue weighted by Crippen LogP contribution is -2.41. The SMILES string of the molecule is Cc1ccc(-n2nccc2B2OC(C)(C)C(C)(C)O2)c(Cl)c1. The van der Waals surface area contributed by atoms with E-state index < -0.39 is 7.12 Å². The molecule has 0 amide bonds. The highest BCUT2D eigenvalue weighted by atomic mass is 35.5. The van der Waals surface area contributed by atoms with Crippen LogP contribution in [0.25, 0.3) is 5.69 Å². The van der Waals surface area contributed by atoms with Crippen LogP contribution in [0.1, 0.15) is 33.3 Å². The maximum absolute atomic E-state index is 6.37. The molecule has 0 bridgehead atoms. The minimum atomic E-state index is -0.468. The van der Waals surface area contributed by atoms with E-state index in [0.717, 1.165) is 16.8 Å². The molecule has 0 saturated carbocycles. The fraction of sp³-hybridized carbons (Fsp3) is 0.438. The van der Waals surface area contributed by atoms with Crippen molar-refractivity contribution in [1.82, 2.24) is 9.78 Å². The summed E-state index contributed by atoms with van der Waals surface area (Å²) in [7, 11) is -0.468. The summed E-state index contributed by atoms with van der Waals surface area (Å²) in [5.74, 6) is 0. The van der Waals surface area contributed by atoms with Gasteiger partial charge in [0.2, 0.25) is 0 Å². The zero-order valence-corrected chi connectivity index (χ0v) is 14.3. The molecule has 22 heavy (non-hydrogen) atoms. The van der Waals surface area contributed by atoms with Gasteiger partial charge >= 0.3 is 7.12 Å². The fourth-order valence-corrected chi connectivity index (χ4v) is 2.76. The molecule has 6 heteroatoms. The normalized spacial score (nSPS) is 19.6. The molecule has 1 aromatic heterocycles. The maximum Gasteiger partial charge on any atom is 0.514 e.